The number of hydrogen-bond acceptors (Lipinski definition) is 1. The molecule has 0 radical (unpaired) electrons. The lowest BCUT2D eigenvalue weighted by Crippen LogP contribution is -2.20. The Hall–Kier alpha value is -1.47. The highest BCUT2D eigenvalue weighted by molar-refractivity contribution is 6.17. The van der Waals surface area contributed by atoms with Crippen molar-refractivity contribution in [2.45, 2.75) is 18.2 Å². The molecule has 19 heavy (non-hydrogen) atoms. The maximum atomic E-state index is 6.04. The molecule has 0 N–H and O–H groups in total. The van der Waals surface area contributed by atoms with Crippen LogP contribution in [-0.2, 0) is 5.88 Å². The average Bonchev–Trinajstić information content (AvgIpc) is 2.98. The van der Waals surface area contributed by atoms with Gasteiger partial charge in [0, 0.05) is 30.6 Å². The lowest BCUT2D eigenvalue weighted by molar-refractivity contribution is 0.775. The van der Waals surface area contributed by atoms with Crippen molar-refractivity contribution < 1.29 is 0 Å². The molecule has 2 aromatic rings. The van der Waals surface area contributed by atoms with Gasteiger partial charge in [-0.25, -0.2) is 0 Å². The second-order valence-corrected chi connectivity index (χ2v) is 5.37. The smallest absolute Gasteiger partial charge is 0.0494 e. The third-order valence-electron chi connectivity index (χ3n) is 3.94. The number of halogens is 1. The molecule has 0 amide bonds. The van der Waals surface area contributed by atoms with E-state index in [0.29, 0.717) is 11.8 Å². The Morgan fingerprint density at radius 1 is 1.00 bits per heavy atom. The molecule has 0 bridgehead atoms. The van der Waals surface area contributed by atoms with Crippen LogP contribution >= 0.6 is 11.6 Å². The summed E-state index contributed by atoms with van der Waals surface area (Å²) in [5.74, 6) is 1.23. The van der Waals surface area contributed by atoms with E-state index in [2.05, 4.69) is 59.5 Å². The van der Waals surface area contributed by atoms with Crippen molar-refractivity contribution in [1.82, 2.24) is 0 Å². The summed E-state index contributed by atoms with van der Waals surface area (Å²) in [6, 6.07) is 19.3. The summed E-state index contributed by atoms with van der Waals surface area (Å²) in [7, 11) is 0. The van der Waals surface area contributed by atoms with Gasteiger partial charge in [-0.05, 0) is 23.6 Å². The number of rotatable bonds is 3. The molecule has 98 valence electrons. The zero-order chi connectivity index (χ0) is 13.1. The fraction of sp³-hybridized carbons (Fsp3) is 0.294. The van der Waals surface area contributed by atoms with Gasteiger partial charge in [-0.3, -0.25) is 0 Å². The predicted octanol–water partition coefficient (Wildman–Crippen LogP) is 4.42. The molecule has 1 unspecified atom stereocenters. The average molecular weight is 272 g/mol. The third-order valence-corrected chi connectivity index (χ3v) is 4.22. The topological polar surface area (TPSA) is 3.24 Å². The fourth-order valence-corrected chi connectivity index (χ4v) is 3.13. The van der Waals surface area contributed by atoms with Crippen LogP contribution in [0.2, 0.25) is 0 Å². The Balaban J connectivity index is 1.79. The maximum Gasteiger partial charge on any atom is 0.0494 e. The second-order valence-electron chi connectivity index (χ2n) is 5.10. The molecular weight excluding hydrogens is 254 g/mol. The van der Waals surface area contributed by atoms with Crippen molar-refractivity contribution in [3.8, 4) is 0 Å². The van der Waals surface area contributed by atoms with Gasteiger partial charge in [0.05, 0.1) is 0 Å². The van der Waals surface area contributed by atoms with Crippen LogP contribution in [0.5, 0.6) is 0 Å². The lowest BCUT2D eigenvalue weighted by atomic mass is 9.99. The summed E-state index contributed by atoms with van der Waals surface area (Å²) >= 11 is 6.04. The van der Waals surface area contributed by atoms with Crippen molar-refractivity contribution in [1.29, 1.82) is 0 Å². The zero-order valence-electron chi connectivity index (χ0n) is 10.9. The molecule has 2 heteroatoms. The summed E-state index contributed by atoms with van der Waals surface area (Å²) < 4.78 is 0. The number of nitrogens with zero attached hydrogens (tertiary/aromatic N) is 1. The van der Waals surface area contributed by atoms with Crippen LogP contribution in [0.15, 0.2) is 54.6 Å². The van der Waals surface area contributed by atoms with Crippen LogP contribution in [0.4, 0.5) is 5.69 Å². The van der Waals surface area contributed by atoms with Gasteiger partial charge in [0.2, 0.25) is 0 Å². The molecule has 0 aromatic heterocycles. The Morgan fingerprint density at radius 2 is 1.74 bits per heavy atom. The number of anilines is 1. The van der Waals surface area contributed by atoms with Crippen molar-refractivity contribution in [2.75, 3.05) is 18.0 Å². The van der Waals surface area contributed by atoms with Crippen LogP contribution in [0.25, 0.3) is 0 Å². The molecule has 1 aliphatic heterocycles. The van der Waals surface area contributed by atoms with Crippen molar-refractivity contribution >= 4 is 17.3 Å². The highest BCUT2D eigenvalue weighted by Gasteiger charge is 2.24. The molecule has 1 nitrogen and oxygen atoms in total. The van der Waals surface area contributed by atoms with Crippen LogP contribution in [0, 0.1) is 0 Å². The van der Waals surface area contributed by atoms with Crippen LogP contribution in [-0.4, -0.2) is 13.1 Å². The van der Waals surface area contributed by atoms with Gasteiger partial charge in [0.1, 0.15) is 0 Å². The number of para-hydroxylation sites is 1. The minimum absolute atomic E-state index is 0.586. The fourth-order valence-electron chi connectivity index (χ4n) is 2.91. The van der Waals surface area contributed by atoms with E-state index in [1.165, 1.54) is 23.2 Å². The molecule has 1 heterocycles. The van der Waals surface area contributed by atoms with Gasteiger partial charge in [0.15, 0.2) is 0 Å². The number of benzene rings is 2. The normalized spacial score (nSPS) is 18.8. The van der Waals surface area contributed by atoms with Gasteiger partial charge >= 0.3 is 0 Å². The van der Waals surface area contributed by atoms with E-state index in [1.54, 1.807) is 0 Å². The van der Waals surface area contributed by atoms with E-state index in [9.17, 15) is 0 Å². The summed E-state index contributed by atoms with van der Waals surface area (Å²) in [6.45, 7) is 2.21. The van der Waals surface area contributed by atoms with Crippen LogP contribution in [0.1, 0.15) is 23.5 Å². The first-order valence-electron chi connectivity index (χ1n) is 6.82. The van der Waals surface area contributed by atoms with E-state index in [-0.39, 0.29) is 0 Å². The van der Waals surface area contributed by atoms with Gasteiger partial charge < -0.3 is 4.90 Å². The Bertz CT molecular complexity index is 538. The predicted molar refractivity (Wildman–Crippen MR) is 82.0 cm³/mol. The molecule has 0 aliphatic carbocycles. The first-order valence-corrected chi connectivity index (χ1v) is 7.35. The van der Waals surface area contributed by atoms with E-state index in [0.717, 1.165) is 13.1 Å². The first kappa shape index (κ1) is 12.6. The molecule has 1 atom stereocenters. The highest BCUT2D eigenvalue weighted by Crippen LogP contribution is 2.32. The molecule has 3 rings (SSSR count). The lowest BCUT2D eigenvalue weighted by Gasteiger charge is -2.21. The molecule has 0 spiro atoms. The first-order chi connectivity index (χ1) is 9.38. The summed E-state index contributed by atoms with van der Waals surface area (Å²) in [5.41, 5.74) is 3.99. The Morgan fingerprint density at radius 3 is 2.53 bits per heavy atom. The quantitative estimate of drug-likeness (QED) is 0.747. The minimum Gasteiger partial charge on any atom is -0.371 e. The van der Waals surface area contributed by atoms with E-state index < -0.39 is 0 Å². The van der Waals surface area contributed by atoms with Crippen molar-refractivity contribution in [3.05, 3.63) is 65.7 Å². The van der Waals surface area contributed by atoms with E-state index >= 15 is 0 Å². The van der Waals surface area contributed by atoms with Gasteiger partial charge in [-0.2, -0.15) is 0 Å². The Kier molecular flexibility index (Phi) is 3.74. The van der Waals surface area contributed by atoms with E-state index in [4.69, 9.17) is 11.6 Å². The van der Waals surface area contributed by atoms with Gasteiger partial charge in [0.25, 0.3) is 0 Å². The SMILES string of the molecule is ClCc1ccccc1N1CCC(c2ccccc2)C1. The summed E-state index contributed by atoms with van der Waals surface area (Å²) in [4.78, 5) is 2.47. The molecular formula is C17H18ClN. The second kappa shape index (κ2) is 5.66. The summed E-state index contributed by atoms with van der Waals surface area (Å²) in [5, 5.41) is 0. The van der Waals surface area contributed by atoms with Gasteiger partial charge in [-0.15, -0.1) is 11.6 Å². The third kappa shape index (κ3) is 2.62. The van der Waals surface area contributed by atoms with Gasteiger partial charge in [-0.1, -0.05) is 48.5 Å². The molecule has 2 aromatic carbocycles. The molecule has 1 fully saturated rings. The van der Waals surface area contributed by atoms with E-state index in [1.807, 2.05) is 0 Å². The van der Waals surface area contributed by atoms with Crippen molar-refractivity contribution in [3.63, 3.8) is 0 Å². The molecule has 1 saturated heterocycles. The Labute approximate surface area is 119 Å². The minimum atomic E-state index is 0.586. The summed E-state index contributed by atoms with van der Waals surface area (Å²) in [6.07, 6.45) is 1.22. The zero-order valence-corrected chi connectivity index (χ0v) is 11.7. The van der Waals surface area contributed by atoms with Crippen molar-refractivity contribution in [2.24, 2.45) is 0 Å². The monoisotopic (exact) mass is 271 g/mol. The maximum absolute atomic E-state index is 6.04. The molecule has 0 saturated carbocycles. The number of hydrogen-bond donors (Lipinski definition) is 0. The highest BCUT2D eigenvalue weighted by atomic mass is 35.5. The number of alkyl halides is 1. The van der Waals surface area contributed by atoms with Crippen LogP contribution < -0.4 is 4.90 Å². The largest absolute Gasteiger partial charge is 0.371 e. The molecule has 1 aliphatic rings. The van der Waals surface area contributed by atoms with Crippen LogP contribution in [0.3, 0.4) is 0 Å². The standard InChI is InChI=1S/C17H18ClN/c18-12-15-8-4-5-9-17(15)19-11-10-16(13-19)14-6-2-1-3-7-14/h1-9,16H,10-13H2.